The van der Waals surface area contributed by atoms with Gasteiger partial charge < -0.3 is 15.2 Å². The average molecular weight is 298 g/mol. The second-order valence-corrected chi connectivity index (χ2v) is 8.20. The van der Waals surface area contributed by atoms with Crippen LogP contribution in [-0.2, 0) is 4.74 Å². The molecular formula is C17H34N2O2. The molecule has 124 valence electrons. The zero-order chi connectivity index (χ0) is 15.5. The van der Waals surface area contributed by atoms with E-state index in [-0.39, 0.29) is 5.54 Å². The molecule has 2 fully saturated rings. The Hall–Kier alpha value is -0.160. The number of nitrogens with one attached hydrogen (secondary N) is 1. The summed E-state index contributed by atoms with van der Waals surface area (Å²) in [6.07, 6.45) is 3.46. The molecule has 2 heterocycles. The molecule has 2 aliphatic rings. The van der Waals surface area contributed by atoms with Gasteiger partial charge in [0.1, 0.15) is 0 Å². The molecule has 0 aromatic carbocycles. The molecule has 2 N–H and O–H groups in total. The first-order valence-electron chi connectivity index (χ1n) is 8.53. The predicted molar refractivity (Wildman–Crippen MR) is 86.5 cm³/mol. The summed E-state index contributed by atoms with van der Waals surface area (Å²) < 4.78 is 5.60. The molecule has 0 aliphatic carbocycles. The van der Waals surface area contributed by atoms with Crippen LogP contribution in [0.15, 0.2) is 0 Å². The second kappa shape index (κ2) is 6.95. The lowest BCUT2D eigenvalue weighted by Gasteiger charge is -2.43. The first-order chi connectivity index (χ1) is 9.85. The van der Waals surface area contributed by atoms with E-state index in [0.717, 1.165) is 45.7 Å². The summed E-state index contributed by atoms with van der Waals surface area (Å²) >= 11 is 0. The summed E-state index contributed by atoms with van der Waals surface area (Å²) in [5.41, 5.74) is 0.447. The van der Waals surface area contributed by atoms with E-state index in [0.29, 0.717) is 24.0 Å². The highest BCUT2D eigenvalue weighted by molar-refractivity contribution is 4.93. The first-order valence-corrected chi connectivity index (χ1v) is 8.53. The molecule has 2 atom stereocenters. The van der Waals surface area contributed by atoms with E-state index in [1.54, 1.807) is 0 Å². The van der Waals surface area contributed by atoms with Crippen LogP contribution in [0.1, 0.15) is 47.0 Å². The molecule has 0 spiro atoms. The Morgan fingerprint density at radius 3 is 2.52 bits per heavy atom. The van der Waals surface area contributed by atoms with E-state index in [1.807, 2.05) is 0 Å². The van der Waals surface area contributed by atoms with Gasteiger partial charge in [0.05, 0.1) is 6.61 Å². The van der Waals surface area contributed by atoms with Crippen LogP contribution < -0.4 is 5.32 Å². The summed E-state index contributed by atoms with van der Waals surface area (Å²) in [5, 5.41) is 13.4. The summed E-state index contributed by atoms with van der Waals surface area (Å²) in [7, 11) is 0. The van der Waals surface area contributed by atoms with Crippen LogP contribution in [-0.4, -0.2) is 61.0 Å². The monoisotopic (exact) mass is 298 g/mol. The molecule has 0 saturated carbocycles. The Bertz CT molecular complexity index is 321. The maximum Gasteiger partial charge on any atom is 0.0589 e. The molecule has 2 unspecified atom stereocenters. The molecular weight excluding hydrogens is 264 g/mol. The van der Waals surface area contributed by atoms with Gasteiger partial charge in [-0.05, 0) is 57.9 Å². The Morgan fingerprint density at radius 1 is 1.29 bits per heavy atom. The van der Waals surface area contributed by atoms with Crippen LogP contribution in [0.3, 0.4) is 0 Å². The Balaban J connectivity index is 2.02. The number of ether oxygens (including phenoxy) is 1. The van der Waals surface area contributed by atoms with Crippen molar-refractivity contribution in [3.63, 3.8) is 0 Å². The van der Waals surface area contributed by atoms with Crippen molar-refractivity contribution in [3.05, 3.63) is 0 Å². The smallest absolute Gasteiger partial charge is 0.0589 e. The van der Waals surface area contributed by atoms with Gasteiger partial charge in [0.2, 0.25) is 0 Å². The van der Waals surface area contributed by atoms with E-state index in [1.165, 1.54) is 6.42 Å². The lowest BCUT2D eigenvalue weighted by Crippen LogP contribution is -2.52. The predicted octanol–water partition coefficient (Wildman–Crippen LogP) is 1.87. The highest BCUT2D eigenvalue weighted by Gasteiger charge is 2.39. The van der Waals surface area contributed by atoms with Crippen molar-refractivity contribution in [1.82, 2.24) is 10.2 Å². The van der Waals surface area contributed by atoms with Crippen LogP contribution >= 0.6 is 0 Å². The molecule has 4 nitrogen and oxygen atoms in total. The van der Waals surface area contributed by atoms with E-state index in [9.17, 15) is 5.11 Å². The van der Waals surface area contributed by atoms with Crippen molar-refractivity contribution in [2.45, 2.75) is 58.5 Å². The van der Waals surface area contributed by atoms with Crippen molar-refractivity contribution in [1.29, 1.82) is 0 Å². The Labute approximate surface area is 130 Å². The normalized spacial score (nSPS) is 30.7. The largest absolute Gasteiger partial charge is 0.395 e. The molecule has 0 aromatic rings. The van der Waals surface area contributed by atoms with Gasteiger partial charge in [-0.25, -0.2) is 0 Å². The number of aliphatic hydroxyl groups is 1. The van der Waals surface area contributed by atoms with E-state index >= 15 is 0 Å². The highest BCUT2D eigenvalue weighted by Crippen LogP contribution is 2.35. The topological polar surface area (TPSA) is 44.7 Å². The van der Waals surface area contributed by atoms with Gasteiger partial charge in [-0.2, -0.15) is 0 Å². The quantitative estimate of drug-likeness (QED) is 0.813. The SMILES string of the molecule is CC1CCN(CC2(CNC(C)(C)C)CCOCC2)C1CO. The third-order valence-electron chi connectivity index (χ3n) is 5.27. The third-order valence-corrected chi connectivity index (χ3v) is 5.27. The summed E-state index contributed by atoms with van der Waals surface area (Å²) in [4.78, 5) is 2.53. The van der Waals surface area contributed by atoms with E-state index in [4.69, 9.17) is 4.74 Å². The standard InChI is InChI=1S/C17H34N2O2/c1-14-5-8-19(15(14)11-20)13-17(6-9-21-10-7-17)12-18-16(2,3)4/h14-15,18,20H,5-13H2,1-4H3. The van der Waals surface area contributed by atoms with Gasteiger partial charge in [0.25, 0.3) is 0 Å². The number of likely N-dealkylation sites (tertiary alicyclic amines) is 1. The highest BCUT2D eigenvalue weighted by atomic mass is 16.5. The van der Waals surface area contributed by atoms with Gasteiger partial charge >= 0.3 is 0 Å². The third kappa shape index (κ3) is 4.65. The molecule has 2 aliphatic heterocycles. The van der Waals surface area contributed by atoms with Crippen LogP contribution in [0.25, 0.3) is 0 Å². The number of hydrogen-bond donors (Lipinski definition) is 2. The van der Waals surface area contributed by atoms with Gasteiger partial charge in [-0.1, -0.05) is 6.92 Å². The van der Waals surface area contributed by atoms with Crippen molar-refractivity contribution < 1.29 is 9.84 Å². The average Bonchev–Trinajstić information content (AvgIpc) is 2.77. The van der Waals surface area contributed by atoms with E-state index < -0.39 is 0 Å². The van der Waals surface area contributed by atoms with Gasteiger partial charge in [-0.15, -0.1) is 0 Å². The van der Waals surface area contributed by atoms with Crippen molar-refractivity contribution >= 4 is 0 Å². The fourth-order valence-corrected chi connectivity index (χ4v) is 3.66. The zero-order valence-corrected chi connectivity index (χ0v) is 14.3. The number of rotatable bonds is 5. The zero-order valence-electron chi connectivity index (χ0n) is 14.3. The Morgan fingerprint density at radius 2 is 1.95 bits per heavy atom. The minimum absolute atomic E-state index is 0.153. The van der Waals surface area contributed by atoms with Crippen molar-refractivity contribution in [2.75, 3.05) is 39.5 Å². The minimum atomic E-state index is 0.153. The lowest BCUT2D eigenvalue weighted by molar-refractivity contribution is -0.0144. The van der Waals surface area contributed by atoms with Gasteiger partial charge in [-0.3, -0.25) is 4.90 Å². The van der Waals surface area contributed by atoms with Gasteiger partial charge in [0.15, 0.2) is 0 Å². The van der Waals surface area contributed by atoms with Gasteiger partial charge in [0, 0.05) is 37.9 Å². The number of aliphatic hydroxyl groups excluding tert-OH is 1. The number of hydrogen-bond acceptors (Lipinski definition) is 4. The second-order valence-electron chi connectivity index (χ2n) is 8.20. The summed E-state index contributed by atoms with van der Waals surface area (Å²) in [5.74, 6) is 0.613. The maximum absolute atomic E-state index is 9.70. The van der Waals surface area contributed by atoms with Crippen molar-refractivity contribution in [3.8, 4) is 0 Å². The van der Waals surface area contributed by atoms with Crippen molar-refractivity contribution in [2.24, 2.45) is 11.3 Å². The Kier molecular flexibility index (Phi) is 5.69. The summed E-state index contributed by atoms with van der Waals surface area (Å²) in [6, 6.07) is 0.347. The molecule has 0 bridgehead atoms. The minimum Gasteiger partial charge on any atom is -0.395 e. The molecule has 0 aromatic heterocycles. The van der Waals surface area contributed by atoms with Crippen LogP contribution in [0.5, 0.6) is 0 Å². The molecule has 4 heteroatoms. The maximum atomic E-state index is 9.70. The molecule has 2 saturated heterocycles. The van der Waals surface area contributed by atoms with Crippen LogP contribution in [0, 0.1) is 11.3 Å². The lowest BCUT2D eigenvalue weighted by atomic mass is 9.78. The molecule has 21 heavy (non-hydrogen) atoms. The van der Waals surface area contributed by atoms with Crippen LogP contribution in [0.4, 0.5) is 0 Å². The van der Waals surface area contributed by atoms with E-state index in [2.05, 4.69) is 37.9 Å². The molecule has 2 rings (SSSR count). The van der Waals surface area contributed by atoms with Crippen LogP contribution in [0.2, 0.25) is 0 Å². The number of nitrogens with zero attached hydrogens (tertiary/aromatic N) is 1. The summed E-state index contributed by atoms with van der Waals surface area (Å²) in [6.45, 7) is 14.3. The fraction of sp³-hybridized carbons (Fsp3) is 1.00. The molecule has 0 amide bonds. The fourth-order valence-electron chi connectivity index (χ4n) is 3.66. The first kappa shape index (κ1) is 17.2. The molecule has 0 radical (unpaired) electrons.